The lowest BCUT2D eigenvalue weighted by Crippen LogP contribution is -2.70. The Bertz CT molecular complexity index is 750. The summed E-state index contributed by atoms with van der Waals surface area (Å²) >= 11 is 1.53. The second-order valence-corrected chi connectivity index (χ2v) is 6.52. The van der Waals surface area contributed by atoms with E-state index in [1.807, 2.05) is 18.2 Å². The lowest BCUT2D eigenvalue weighted by molar-refractivity contribution is 0.00778. The molecule has 21 heavy (non-hydrogen) atoms. The van der Waals surface area contributed by atoms with Crippen molar-refractivity contribution < 1.29 is 9.59 Å². The molecule has 1 N–H and O–H groups in total. The van der Waals surface area contributed by atoms with Gasteiger partial charge in [0.25, 0.3) is 5.91 Å². The molecule has 4 rings (SSSR count). The Kier molecular flexibility index (Phi) is 2.50. The van der Waals surface area contributed by atoms with E-state index in [4.69, 9.17) is 0 Å². The summed E-state index contributed by atoms with van der Waals surface area (Å²) in [5.41, 5.74) is 3.16. The first-order valence-electron chi connectivity index (χ1n) is 6.73. The van der Waals surface area contributed by atoms with Gasteiger partial charge in [0.15, 0.2) is 0 Å². The Balaban J connectivity index is 1.53. The number of amides is 3. The maximum absolute atomic E-state index is 12.5. The molecular formula is C14H14N4O2S. The molecule has 1 aromatic carbocycles. The fourth-order valence-corrected chi connectivity index (χ4v) is 3.71. The molecule has 2 saturated heterocycles. The zero-order valence-corrected chi connectivity index (χ0v) is 12.3. The van der Waals surface area contributed by atoms with E-state index in [0.717, 1.165) is 10.2 Å². The van der Waals surface area contributed by atoms with Gasteiger partial charge in [0, 0.05) is 32.2 Å². The summed E-state index contributed by atoms with van der Waals surface area (Å²) in [7, 11) is 1.79. The van der Waals surface area contributed by atoms with E-state index in [1.54, 1.807) is 22.4 Å². The molecule has 1 spiro atoms. The van der Waals surface area contributed by atoms with Gasteiger partial charge in [-0.15, -0.1) is 11.3 Å². The van der Waals surface area contributed by atoms with Gasteiger partial charge in [0.2, 0.25) is 0 Å². The molecule has 0 atom stereocenters. The Morgan fingerprint density at radius 3 is 2.95 bits per heavy atom. The van der Waals surface area contributed by atoms with Crippen LogP contribution in [0.2, 0.25) is 0 Å². The highest BCUT2D eigenvalue weighted by molar-refractivity contribution is 7.16. The first-order chi connectivity index (χ1) is 10.1. The third-order valence-corrected chi connectivity index (χ3v) is 5.21. The van der Waals surface area contributed by atoms with E-state index in [1.165, 1.54) is 11.3 Å². The molecule has 2 fully saturated rings. The second-order valence-electron chi connectivity index (χ2n) is 5.64. The molecule has 0 radical (unpaired) electrons. The summed E-state index contributed by atoms with van der Waals surface area (Å²) < 4.78 is 1.02. The Labute approximate surface area is 125 Å². The van der Waals surface area contributed by atoms with Crippen molar-refractivity contribution in [2.24, 2.45) is 0 Å². The number of carbonyl (C=O) groups excluding carboxylic acids is 2. The van der Waals surface area contributed by atoms with Crippen LogP contribution in [0.5, 0.6) is 0 Å². The van der Waals surface area contributed by atoms with Gasteiger partial charge < -0.3 is 15.1 Å². The molecule has 3 amide bonds. The van der Waals surface area contributed by atoms with Crippen molar-refractivity contribution in [2.75, 3.05) is 26.7 Å². The highest BCUT2D eigenvalue weighted by Crippen LogP contribution is 2.31. The van der Waals surface area contributed by atoms with Crippen molar-refractivity contribution in [3.05, 3.63) is 29.3 Å². The molecule has 2 aliphatic rings. The second kappa shape index (κ2) is 4.17. The van der Waals surface area contributed by atoms with E-state index >= 15 is 0 Å². The minimum atomic E-state index is -0.221. The summed E-state index contributed by atoms with van der Waals surface area (Å²) in [6.07, 6.45) is 0. The first kappa shape index (κ1) is 12.6. The van der Waals surface area contributed by atoms with Crippen LogP contribution in [0.25, 0.3) is 10.2 Å². The van der Waals surface area contributed by atoms with Crippen LogP contribution < -0.4 is 5.32 Å². The van der Waals surface area contributed by atoms with Crippen LogP contribution >= 0.6 is 11.3 Å². The number of urea groups is 1. The maximum Gasteiger partial charge on any atom is 0.317 e. The number of rotatable bonds is 1. The van der Waals surface area contributed by atoms with Crippen LogP contribution in [0.4, 0.5) is 4.79 Å². The summed E-state index contributed by atoms with van der Waals surface area (Å²) in [5, 5.41) is 2.82. The van der Waals surface area contributed by atoms with E-state index < -0.39 is 0 Å². The minimum absolute atomic E-state index is 0.0173. The quantitative estimate of drug-likeness (QED) is 0.859. The average Bonchev–Trinajstić information content (AvgIpc) is 3.02. The Morgan fingerprint density at radius 1 is 1.43 bits per heavy atom. The van der Waals surface area contributed by atoms with Gasteiger partial charge in [0.1, 0.15) is 0 Å². The first-order valence-corrected chi connectivity index (χ1v) is 7.61. The SMILES string of the molecule is CN1C(=O)NCC12CN(C(=O)c1ccc3ncsc3c1)C2. The molecule has 1 aromatic heterocycles. The molecule has 2 aromatic rings. The molecule has 7 heteroatoms. The number of benzene rings is 1. The van der Waals surface area contributed by atoms with Gasteiger partial charge in [-0.3, -0.25) is 4.79 Å². The van der Waals surface area contributed by atoms with Gasteiger partial charge >= 0.3 is 6.03 Å². The van der Waals surface area contributed by atoms with E-state index in [9.17, 15) is 9.59 Å². The number of hydrogen-bond acceptors (Lipinski definition) is 4. The number of thiazole rings is 1. The number of likely N-dealkylation sites (tertiary alicyclic amines) is 1. The number of nitrogens with one attached hydrogen (secondary N) is 1. The summed E-state index contributed by atoms with van der Waals surface area (Å²) in [4.78, 5) is 31.8. The van der Waals surface area contributed by atoms with Crippen molar-refractivity contribution in [1.82, 2.24) is 20.1 Å². The molecule has 0 aliphatic carbocycles. The molecule has 0 bridgehead atoms. The van der Waals surface area contributed by atoms with Crippen molar-refractivity contribution >= 4 is 33.5 Å². The standard InChI is InChI=1S/C14H14N4O2S/c1-17-13(20)15-5-14(17)6-18(7-14)12(19)9-2-3-10-11(4-9)21-8-16-10/h2-4,8H,5-7H2,1H3,(H,15,20). The smallest absolute Gasteiger partial charge is 0.317 e. The van der Waals surface area contributed by atoms with Gasteiger partial charge in [-0.25, -0.2) is 9.78 Å². The number of nitrogens with zero attached hydrogens (tertiary/aromatic N) is 3. The topological polar surface area (TPSA) is 65.5 Å². The van der Waals surface area contributed by atoms with Crippen molar-refractivity contribution in [2.45, 2.75) is 5.54 Å². The van der Waals surface area contributed by atoms with Crippen molar-refractivity contribution in [3.63, 3.8) is 0 Å². The Hall–Kier alpha value is -2.15. The fraction of sp³-hybridized carbons (Fsp3) is 0.357. The highest BCUT2D eigenvalue weighted by atomic mass is 32.1. The van der Waals surface area contributed by atoms with Crippen LogP contribution in [-0.2, 0) is 0 Å². The van der Waals surface area contributed by atoms with Crippen LogP contribution in [0.3, 0.4) is 0 Å². The molecule has 0 saturated carbocycles. The summed E-state index contributed by atoms with van der Waals surface area (Å²) in [6.45, 7) is 1.78. The summed E-state index contributed by atoms with van der Waals surface area (Å²) in [6, 6.07) is 5.52. The molecule has 2 aliphatic heterocycles. The van der Waals surface area contributed by atoms with Crippen LogP contribution in [0.1, 0.15) is 10.4 Å². The molecule has 108 valence electrons. The minimum Gasteiger partial charge on any atom is -0.335 e. The van der Waals surface area contributed by atoms with Gasteiger partial charge in [-0.1, -0.05) is 0 Å². The zero-order valence-electron chi connectivity index (χ0n) is 11.5. The molecule has 3 heterocycles. The predicted octanol–water partition coefficient (Wildman–Crippen LogP) is 1.15. The monoisotopic (exact) mass is 302 g/mol. The lowest BCUT2D eigenvalue weighted by Gasteiger charge is -2.50. The van der Waals surface area contributed by atoms with Gasteiger partial charge in [-0.05, 0) is 18.2 Å². The predicted molar refractivity (Wildman–Crippen MR) is 79.4 cm³/mol. The maximum atomic E-state index is 12.5. The number of hydrogen-bond donors (Lipinski definition) is 1. The van der Waals surface area contributed by atoms with Crippen LogP contribution in [0, 0.1) is 0 Å². The Morgan fingerprint density at radius 2 is 2.24 bits per heavy atom. The number of carbonyl (C=O) groups is 2. The highest BCUT2D eigenvalue weighted by Gasteiger charge is 2.53. The van der Waals surface area contributed by atoms with E-state index in [0.29, 0.717) is 25.2 Å². The number of aromatic nitrogens is 1. The van der Waals surface area contributed by atoms with Crippen molar-refractivity contribution in [3.8, 4) is 0 Å². The van der Waals surface area contributed by atoms with Gasteiger partial charge in [0.05, 0.1) is 21.3 Å². The average molecular weight is 302 g/mol. The fourth-order valence-electron chi connectivity index (χ4n) is 3.00. The number of fused-ring (bicyclic) bond motifs is 1. The normalized spacial score (nSPS) is 20.0. The van der Waals surface area contributed by atoms with Crippen molar-refractivity contribution in [1.29, 1.82) is 0 Å². The lowest BCUT2D eigenvalue weighted by atomic mass is 9.89. The van der Waals surface area contributed by atoms with Crippen LogP contribution in [0.15, 0.2) is 23.7 Å². The largest absolute Gasteiger partial charge is 0.335 e. The van der Waals surface area contributed by atoms with Gasteiger partial charge in [-0.2, -0.15) is 0 Å². The zero-order chi connectivity index (χ0) is 14.6. The third-order valence-electron chi connectivity index (χ3n) is 4.42. The summed E-state index contributed by atoms with van der Waals surface area (Å²) in [5.74, 6) is 0.0173. The van der Waals surface area contributed by atoms with E-state index in [-0.39, 0.29) is 17.5 Å². The molecule has 6 nitrogen and oxygen atoms in total. The van der Waals surface area contributed by atoms with Crippen LogP contribution in [-0.4, -0.2) is 58.9 Å². The molecule has 0 unspecified atom stereocenters. The van der Waals surface area contributed by atoms with E-state index in [2.05, 4.69) is 10.3 Å². The number of likely N-dealkylation sites (N-methyl/N-ethyl adjacent to an activating group) is 1. The third kappa shape index (κ3) is 1.73. The molecular weight excluding hydrogens is 288 g/mol.